The van der Waals surface area contributed by atoms with E-state index >= 15 is 0 Å². The Hall–Kier alpha value is 1.71. The zero-order chi connectivity index (χ0) is 16.6. The SMILES string of the molecule is CCC(C)(CO)C(O)O.CCC([CH-]I)(CO)C(O)(O)I.[Ni]. The second-order valence-corrected chi connectivity index (χ2v) is 7.03. The fraction of sp³-hybridized carbons (Fsp3) is 0.917. The maximum atomic E-state index is 9.27. The summed E-state index contributed by atoms with van der Waals surface area (Å²) in [6.07, 6.45) is -0.378. The van der Waals surface area contributed by atoms with E-state index in [1.165, 1.54) is 22.6 Å². The van der Waals surface area contributed by atoms with Crippen LogP contribution in [0.1, 0.15) is 33.6 Å². The van der Waals surface area contributed by atoms with Crippen LogP contribution in [0.4, 0.5) is 0 Å². The van der Waals surface area contributed by atoms with Crippen LogP contribution in [0.25, 0.3) is 0 Å². The summed E-state index contributed by atoms with van der Waals surface area (Å²) in [6, 6.07) is 0. The first-order chi connectivity index (χ1) is 9.00. The van der Waals surface area contributed by atoms with Crippen molar-refractivity contribution in [2.75, 3.05) is 13.2 Å². The molecule has 0 aromatic rings. The molecule has 0 aliphatic heterocycles. The molecule has 0 saturated heterocycles. The van der Waals surface area contributed by atoms with Gasteiger partial charge in [0.15, 0.2) is 10.1 Å². The first-order valence-corrected chi connectivity index (χ1v) is 8.48. The molecule has 0 aromatic heterocycles. The molecule has 21 heavy (non-hydrogen) atoms. The molecule has 0 radical (unpaired) electrons. The van der Waals surface area contributed by atoms with Gasteiger partial charge in [-0.2, -0.15) is 0 Å². The summed E-state index contributed by atoms with van der Waals surface area (Å²) in [7, 11) is 0. The summed E-state index contributed by atoms with van der Waals surface area (Å²) in [5.74, 6) is 0. The van der Waals surface area contributed by atoms with E-state index < -0.39 is 20.9 Å². The zero-order valence-electron chi connectivity index (χ0n) is 12.2. The average molecular weight is 578 g/mol. The van der Waals surface area contributed by atoms with E-state index in [2.05, 4.69) is 0 Å². The van der Waals surface area contributed by atoms with Crippen LogP contribution in [0.15, 0.2) is 0 Å². The Kier molecular flexibility index (Phi) is 15.9. The number of hydrogen-bond donors (Lipinski definition) is 6. The van der Waals surface area contributed by atoms with Crippen molar-refractivity contribution in [3.05, 3.63) is 4.43 Å². The smallest absolute Gasteiger partial charge is 0.196 e. The topological polar surface area (TPSA) is 121 Å². The van der Waals surface area contributed by atoms with Crippen LogP contribution in [0.2, 0.25) is 0 Å². The average Bonchev–Trinajstić information content (AvgIpc) is 2.39. The van der Waals surface area contributed by atoms with Crippen LogP contribution in [-0.4, -0.2) is 53.9 Å². The van der Waals surface area contributed by atoms with Crippen molar-refractivity contribution in [3.63, 3.8) is 0 Å². The quantitative estimate of drug-likeness (QED) is 0.0874. The fourth-order valence-corrected chi connectivity index (χ4v) is 3.37. The predicted octanol–water partition coefficient (Wildman–Crippen LogP) is 0.748. The Bertz CT molecular complexity index is 244. The summed E-state index contributed by atoms with van der Waals surface area (Å²) in [5.41, 5.74) is -1.67. The number of hydrogen-bond acceptors (Lipinski definition) is 6. The van der Waals surface area contributed by atoms with Gasteiger partial charge in [-0.25, -0.2) is 0 Å². The predicted molar refractivity (Wildman–Crippen MR) is 93.0 cm³/mol. The second-order valence-electron chi connectivity index (χ2n) is 4.90. The summed E-state index contributed by atoms with van der Waals surface area (Å²) < 4.78 is -0.285. The monoisotopic (exact) mass is 577 g/mol. The van der Waals surface area contributed by atoms with Gasteiger partial charge in [0.25, 0.3) is 0 Å². The van der Waals surface area contributed by atoms with E-state index in [9.17, 15) is 10.2 Å². The number of halogens is 2. The molecule has 0 spiro atoms. The zero-order valence-corrected chi connectivity index (χ0v) is 17.5. The molecule has 0 bridgehead atoms. The summed E-state index contributed by atoms with van der Waals surface area (Å²) in [5, 5.41) is 53.5. The number of alkyl halides is 1. The van der Waals surface area contributed by atoms with Gasteiger partial charge in [-0.15, -0.1) is 0 Å². The van der Waals surface area contributed by atoms with Gasteiger partial charge in [0, 0.05) is 28.5 Å². The largest absolute Gasteiger partial charge is 0.398 e. The second kappa shape index (κ2) is 12.1. The molecule has 134 valence electrons. The van der Waals surface area contributed by atoms with Gasteiger partial charge >= 0.3 is 0 Å². The van der Waals surface area contributed by atoms with Crippen molar-refractivity contribution in [1.29, 1.82) is 0 Å². The first kappa shape index (κ1) is 27.6. The van der Waals surface area contributed by atoms with Crippen molar-refractivity contribution < 1.29 is 47.1 Å². The van der Waals surface area contributed by atoms with E-state index in [0.717, 1.165) is 0 Å². The van der Waals surface area contributed by atoms with Gasteiger partial charge in [0.1, 0.15) is 0 Å². The Morgan fingerprint density at radius 1 is 1.05 bits per heavy atom. The minimum absolute atomic E-state index is 0. The molecule has 0 aromatic carbocycles. The van der Waals surface area contributed by atoms with Crippen LogP contribution >= 0.6 is 45.2 Å². The van der Waals surface area contributed by atoms with Crippen LogP contribution in [0.5, 0.6) is 0 Å². The van der Waals surface area contributed by atoms with Crippen molar-refractivity contribution in [2.24, 2.45) is 10.8 Å². The summed E-state index contributed by atoms with van der Waals surface area (Å²) in [4.78, 5) is 0. The maximum absolute atomic E-state index is 9.27. The molecule has 9 heteroatoms. The van der Waals surface area contributed by atoms with Crippen LogP contribution in [0, 0.1) is 15.3 Å². The number of aliphatic hydroxyl groups excluding tert-OH is 3. The van der Waals surface area contributed by atoms with Gasteiger partial charge in [0.05, 0.1) is 6.61 Å². The Morgan fingerprint density at radius 3 is 1.48 bits per heavy atom. The first-order valence-electron chi connectivity index (χ1n) is 6.16. The summed E-state index contributed by atoms with van der Waals surface area (Å²) in [6.45, 7) is 4.77. The third-order valence-corrected chi connectivity index (χ3v) is 5.81. The van der Waals surface area contributed by atoms with Gasteiger partial charge in [-0.05, 0) is 29.0 Å². The molecule has 0 amide bonds. The molecule has 0 aliphatic rings. The molecule has 6 N–H and O–H groups in total. The Morgan fingerprint density at radius 2 is 1.48 bits per heavy atom. The third kappa shape index (κ3) is 8.39. The van der Waals surface area contributed by atoms with E-state index in [-0.39, 0.29) is 29.7 Å². The normalized spacial score (nSPS) is 17.1. The Labute approximate surface area is 163 Å². The van der Waals surface area contributed by atoms with Gasteiger partial charge in [-0.3, -0.25) is 4.43 Å². The fourth-order valence-electron chi connectivity index (χ4n) is 0.994. The molecular weight excluding hydrogens is 553 g/mol. The van der Waals surface area contributed by atoms with Crippen LogP contribution in [0.3, 0.4) is 0 Å². The minimum atomic E-state index is -1.88. The minimum Gasteiger partial charge on any atom is -0.398 e. The summed E-state index contributed by atoms with van der Waals surface area (Å²) >= 11 is 3.42. The number of rotatable bonds is 7. The van der Waals surface area contributed by atoms with Gasteiger partial charge in [0.2, 0.25) is 0 Å². The van der Waals surface area contributed by atoms with E-state index in [1.807, 2.05) is 22.6 Å². The number of aliphatic hydroxyl groups is 6. The molecule has 2 atom stereocenters. The van der Waals surface area contributed by atoms with Crippen molar-refractivity contribution in [3.8, 4) is 0 Å². The molecule has 0 rings (SSSR count). The van der Waals surface area contributed by atoms with Crippen molar-refractivity contribution in [1.82, 2.24) is 0 Å². The van der Waals surface area contributed by atoms with Crippen LogP contribution < -0.4 is 0 Å². The molecule has 0 aliphatic carbocycles. The van der Waals surface area contributed by atoms with Gasteiger partial charge in [-0.1, -0.05) is 32.6 Å². The Balaban J connectivity index is -0.000000300. The van der Waals surface area contributed by atoms with E-state index in [1.54, 1.807) is 25.2 Å². The maximum Gasteiger partial charge on any atom is 0.196 e. The van der Waals surface area contributed by atoms with Gasteiger partial charge < -0.3 is 53.2 Å². The molecule has 0 saturated carbocycles. The van der Waals surface area contributed by atoms with E-state index in [0.29, 0.717) is 12.8 Å². The van der Waals surface area contributed by atoms with Crippen molar-refractivity contribution in [2.45, 2.75) is 43.7 Å². The molecular formula is C12H25I2NiO6-. The van der Waals surface area contributed by atoms with Crippen molar-refractivity contribution >= 4 is 45.2 Å². The molecule has 0 heterocycles. The molecule has 0 fully saturated rings. The molecule has 2 unspecified atom stereocenters. The van der Waals surface area contributed by atoms with E-state index in [4.69, 9.17) is 20.4 Å². The third-order valence-electron chi connectivity index (χ3n) is 3.55. The van der Waals surface area contributed by atoms with Crippen LogP contribution in [-0.2, 0) is 16.5 Å². The standard InChI is InChI=1S/C6H11I2O3.C6H14O3.Ni/c1-2-5(3-7,4-9)6(8,10)11;1-3-6(2,4-7)5(8)9;/h3,9-11H,2,4H2,1H3;5,7-9H,3-4H2,1-2H3;/q-1;;. The molecule has 6 nitrogen and oxygen atoms in total.